The molecule has 1 aliphatic heterocycles. The van der Waals surface area contributed by atoms with Crippen molar-refractivity contribution in [1.29, 1.82) is 0 Å². The van der Waals surface area contributed by atoms with Crippen LogP contribution < -0.4 is 19.7 Å². The number of carbonyl (C=O) groups is 2. The summed E-state index contributed by atoms with van der Waals surface area (Å²) in [5, 5.41) is 3.61. The molecule has 4 rings (SSSR count). The molecule has 0 bridgehead atoms. The van der Waals surface area contributed by atoms with Crippen molar-refractivity contribution in [3.8, 4) is 16.2 Å². The van der Waals surface area contributed by atoms with Gasteiger partial charge in [0.25, 0.3) is 0 Å². The summed E-state index contributed by atoms with van der Waals surface area (Å²) >= 11 is 4.77. The predicted octanol–water partition coefficient (Wildman–Crippen LogP) is 4.75. The van der Waals surface area contributed by atoms with Gasteiger partial charge in [-0.1, -0.05) is 12.1 Å². The first-order valence-electron chi connectivity index (χ1n) is 12.8. The van der Waals surface area contributed by atoms with Crippen LogP contribution in [0.25, 0.3) is 10.4 Å². The lowest BCUT2D eigenvalue weighted by molar-refractivity contribution is -0.145. The number of pyridine rings is 1. The number of hydrogen-bond donors (Lipinski definition) is 2. The molecule has 1 saturated heterocycles. The molecule has 1 aliphatic rings. The van der Waals surface area contributed by atoms with E-state index in [4.69, 9.17) is 14.2 Å². The van der Waals surface area contributed by atoms with E-state index in [2.05, 4.69) is 35.9 Å². The predicted molar refractivity (Wildman–Crippen MR) is 162 cm³/mol. The summed E-state index contributed by atoms with van der Waals surface area (Å²) < 4.78 is 41.3. The van der Waals surface area contributed by atoms with Crippen molar-refractivity contribution in [2.75, 3.05) is 54.6 Å². The highest BCUT2D eigenvalue weighted by atomic mass is 79.9. The molecule has 41 heavy (non-hydrogen) atoms. The van der Waals surface area contributed by atoms with Gasteiger partial charge < -0.3 is 24.4 Å². The van der Waals surface area contributed by atoms with E-state index in [1.807, 2.05) is 30.3 Å². The standard InChI is InChI=1S/C27H31BrN4O7S2/c1-4-38-22(33)16-39-24-23(28)25(40-26(24)27(34)37-2)17-6-5-7-19(14-17)30-18-10-12-32(13-11-18)21-9-8-20(15-29-21)31-41(3,35)36/h5-9,14-15,18,30-31H,4,10-13,16H2,1-3H3. The van der Waals surface area contributed by atoms with Crippen LogP contribution in [0.2, 0.25) is 0 Å². The molecule has 3 aromatic rings. The van der Waals surface area contributed by atoms with Crippen LogP contribution in [0.3, 0.4) is 0 Å². The molecule has 0 atom stereocenters. The van der Waals surface area contributed by atoms with Gasteiger partial charge in [-0.3, -0.25) is 4.72 Å². The van der Waals surface area contributed by atoms with E-state index in [1.165, 1.54) is 24.6 Å². The number of piperidine rings is 1. The van der Waals surface area contributed by atoms with Crippen molar-refractivity contribution in [3.05, 3.63) is 51.9 Å². The van der Waals surface area contributed by atoms with E-state index in [0.29, 0.717) is 10.2 Å². The third kappa shape index (κ3) is 8.11. The number of nitrogens with zero attached hydrogens (tertiary/aromatic N) is 2. The fourth-order valence-electron chi connectivity index (χ4n) is 4.36. The summed E-state index contributed by atoms with van der Waals surface area (Å²) in [6.07, 6.45) is 4.40. The van der Waals surface area contributed by atoms with E-state index >= 15 is 0 Å². The molecule has 220 valence electrons. The first-order valence-corrected chi connectivity index (χ1v) is 16.3. The van der Waals surface area contributed by atoms with Gasteiger partial charge in [0.15, 0.2) is 17.2 Å². The van der Waals surface area contributed by atoms with Gasteiger partial charge >= 0.3 is 11.9 Å². The molecule has 14 heteroatoms. The van der Waals surface area contributed by atoms with E-state index in [1.54, 1.807) is 13.0 Å². The number of rotatable bonds is 11. The number of carbonyl (C=O) groups excluding carboxylic acids is 2. The van der Waals surface area contributed by atoms with Crippen LogP contribution in [0.1, 0.15) is 29.4 Å². The summed E-state index contributed by atoms with van der Waals surface area (Å²) in [6.45, 7) is 3.20. The van der Waals surface area contributed by atoms with E-state index in [9.17, 15) is 18.0 Å². The van der Waals surface area contributed by atoms with Crippen molar-refractivity contribution >= 4 is 66.4 Å². The Labute approximate surface area is 251 Å². The Kier molecular flexibility index (Phi) is 10.1. The monoisotopic (exact) mass is 666 g/mol. The zero-order valence-corrected chi connectivity index (χ0v) is 26.0. The molecule has 2 N–H and O–H groups in total. The van der Waals surface area contributed by atoms with Crippen LogP contribution in [-0.2, 0) is 24.3 Å². The lowest BCUT2D eigenvalue weighted by atomic mass is 10.0. The van der Waals surface area contributed by atoms with Gasteiger partial charge in [0.05, 0.1) is 41.2 Å². The highest BCUT2D eigenvalue weighted by Gasteiger charge is 2.26. The average molecular weight is 668 g/mol. The maximum absolute atomic E-state index is 12.5. The van der Waals surface area contributed by atoms with Crippen LogP contribution in [0.15, 0.2) is 47.1 Å². The van der Waals surface area contributed by atoms with Crippen LogP contribution in [0.5, 0.6) is 5.75 Å². The van der Waals surface area contributed by atoms with Gasteiger partial charge in [-0.2, -0.15) is 0 Å². The number of methoxy groups -OCH3 is 1. The Balaban J connectivity index is 1.42. The zero-order chi connectivity index (χ0) is 29.6. The fraction of sp³-hybridized carbons (Fsp3) is 0.370. The van der Waals surface area contributed by atoms with Gasteiger partial charge in [0, 0.05) is 24.8 Å². The van der Waals surface area contributed by atoms with Gasteiger partial charge in [-0.15, -0.1) is 11.3 Å². The second kappa shape index (κ2) is 13.5. The molecule has 0 aliphatic carbocycles. The smallest absolute Gasteiger partial charge is 0.351 e. The zero-order valence-electron chi connectivity index (χ0n) is 22.8. The first-order chi connectivity index (χ1) is 19.6. The molecule has 0 unspecified atom stereocenters. The van der Waals surface area contributed by atoms with Gasteiger partial charge in [0.1, 0.15) is 5.82 Å². The number of anilines is 3. The van der Waals surface area contributed by atoms with Crippen LogP contribution in [0.4, 0.5) is 17.2 Å². The Morgan fingerprint density at radius 1 is 1.17 bits per heavy atom. The molecule has 0 saturated carbocycles. The minimum Gasteiger partial charge on any atom is -0.479 e. The number of esters is 2. The number of sulfonamides is 1. The van der Waals surface area contributed by atoms with E-state index < -0.39 is 22.0 Å². The first kappa shape index (κ1) is 30.6. The lowest BCUT2D eigenvalue weighted by Gasteiger charge is -2.33. The van der Waals surface area contributed by atoms with Crippen molar-refractivity contribution in [1.82, 2.24) is 4.98 Å². The molecule has 0 spiro atoms. The van der Waals surface area contributed by atoms with Gasteiger partial charge in [0.2, 0.25) is 10.0 Å². The second-order valence-electron chi connectivity index (χ2n) is 9.25. The van der Waals surface area contributed by atoms with Crippen molar-refractivity contribution in [2.24, 2.45) is 0 Å². The Morgan fingerprint density at radius 2 is 1.93 bits per heavy atom. The van der Waals surface area contributed by atoms with Gasteiger partial charge in [-0.25, -0.2) is 23.0 Å². The summed E-state index contributed by atoms with van der Waals surface area (Å²) in [4.78, 5) is 31.9. The Morgan fingerprint density at radius 3 is 2.56 bits per heavy atom. The molecule has 3 heterocycles. The summed E-state index contributed by atoms with van der Waals surface area (Å²) in [5.74, 6) is -0.0478. The maximum Gasteiger partial charge on any atom is 0.351 e. The Hall–Kier alpha value is -3.36. The largest absolute Gasteiger partial charge is 0.479 e. The molecule has 11 nitrogen and oxygen atoms in total. The summed E-state index contributed by atoms with van der Waals surface area (Å²) in [7, 11) is -2.05. The molecular weight excluding hydrogens is 636 g/mol. The van der Waals surface area contributed by atoms with Crippen molar-refractivity contribution in [2.45, 2.75) is 25.8 Å². The number of ether oxygens (including phenoxy) is 3. The minimum atomic E-state index is -3.35. The van der Waals surface area contributed by atoms with Gasteiger partial charge in [-0.05, 0) is 65.5 Å². The number of thiophene rings is 1. The number of halogens is 1. The van der Waals surface area contributed by atoms with E-state index in [0.717, 1.165) is 54.1 Å². The summed E-state index contributed by atoms with van der Waals surface area (Å²) in [6, 6.07) is 11.6. The molecule has 1 fully saturated rings. The molecular formula is C27H31BrN4O7S2. The molecule has 2 aromatic heterocycles. The fourth-order valence-corrected chi connectivity index (χ4v) is 6.87. The topological polar surface area (TPSA) is 136 Å². The van der Waals surface area contributed by atoms with Crippen molar-refractivity contribution < 1.29 is 32.2 Å². The van der Waals surface area contributed by atoms with Crippen LogP contribution in [-0.4, -0.2) is 71.1 Å². The average Bonchev–Trinajstić information content (AvgIpc) is 3.27. The molecule has 0 amide bonds. The third-order valence-corrected chi connectivity index (χ3v) is 9.01. The highest BCUT2D eigenvalue weighted by molar-refractivity contribution is 9.10. The lowest BCUT2D eigenvalue weighted by Crippen LogP contribution is -2.39. The minimum absolute atomic E-state index is 0.232. The second-order valence-corrected chi connectivity index (χ2v) is 12.8. The Bertz CT molecular complexity index is 1490. The van der Waals surface area contributed by atoms with Crippen LogP contribution in [0, 0.1) is 0 Å². The normalized spacial score (nSPS) is 13.9. The maximum atomic E-state index is 12.5. The SMILES string of the molecule is CCOC(=O)COc1c(C(=O)OC)sc(-c2cccc(NC3CCN(c4ccc(NS(C)(=O)=O)cn4)CC3)c2)c1Br. The molecule has 0 radical (unpaired) electrons. The number of aromatic nitrogens is 1. The van der Waals surface area contributed by atoms with Crippen LogP contribution >= 0.6 is 27.3 Å². The quantitative estimate of drug-likeness (QED) is 0.276. The van der Waals surface area contributed by atoms with Crippen molar-refractivity contribution in [3.63, 3.8) is 0 Å². The highest BCUT2D eigenvalue weighted by Crippen LogP contribution is 2.46. The number of hydrogen-bond acceptors (Lipinski definition) is 11. The number of nitrogens with one attached hydrogen (secondary N) is 2. The number of benzene rings is 1. The summed E-state index contributed by atoms with van der Waals surface area (Å²) in [5.41, 5.74) is 2.23. The third-order valence-electron chi connectivity index (χ3n) is 6.19. The molecule has 1 aromatic carbocycles. The van der Waals surface area contributed by atoms with E-state index in [-0.39, 0.29) is 29.9 Å².